The van der Waals surface area contributed by atoms with Crippen molar-refractivity contribution in [1.82, 2.24) is 9.55 Å². The zero-order valence-electron chi connectivity index (χ0n) is 26.8. The van der Waals surface area contributed by atoms with Crippen molar-refractivity contribution in [3.05, 3.63) is 85.1 Å². The first-order valence-electron chi connectivity index (χ1n) is 16.3. The third kappa shape index (κ3) is 17.5. The molecule has 0 unspecified atom stereocenters. The minimum atomic E-state index is -8.55. The molecule has 4 nitrogen and oxygen atoms in total. The van der Waals surface area contributed by atoms with Crippen LogP contribution >= 0.6 is 8.16 Å². The van der Waals surface area contributed by atoms with Crippen LogP contribution in [0.15, 0.2) is 83.9 Å². The summed E-state index contributed by atoms with van der Waals surface area (Å²) >= 11 is 0. The molecule has 0 radical (unpaired) electrons. The third-order valence-electron chi connectivity index (χ3n) is 7.65. The second-order valence-corrected chi connectivity index (χ2v) is 12.9. The fraction of sp³-hybridized carbons (Fsp3) is 0.486. The molecule has 0 N–H and O–H groups in total. The molecular formula is C35H48F6N3OP. The predicted molar refractivity (Wildman–Crippen MR) is 174 cm³/mol. The van der Waals surface area contributed by atoms with Crippen LogP contribution in [0.3, 0.4) is 0 Å². The number of nitrogens with zero attached hydrogens (tertiary/aromatic N) is 3. The van der Waals surface area contributed by atoms with Crippen LogP contribution in [-0.4, -0.2) is 9.55 Å². The van der Waals surface area contributed by atoms with E-state index in [1.54, 1.807) is 6.20 Å². The molecule has 46 heavy (non-hydrogen) atoms. The van der Waals surface area contributed by atoms with Crippen molar-refractivity contribution in [2.24, 2.45) is 0 Å². The van der Waals surface area contributed by atoms with Crippen LogP contribution in [-0.2, 0) is 13.1 Å². The molecule has 2 aromatic heterocycles. The summed E-state index contributed by atoms with van der Waals surface area (Å²) in [4.78, 5) is 4.48. The van der Waals surface area contributed by atoms with Gasteiger partial charge in [-0.15, -0.1) is 0 Å². The summed E-state index contributed by atoms with van der Waals surface area (Å²) in [5.74, 6) is 1.46. The molecule has 0 aliphatic rings. The molecule has 11 heteroatoms. The van der Waals surface area contributed by atoms with Crippen LogP contribution in [0, 0.1) is 0 Å². The number of hydrogen-bond acceptors (Lipinski definition) is 2. The molecule has 0 atom stereocenters. The van der Waals surface area contributed by atoms with E-state index >= 15 is 0 Å². The Morgan fingerprint density at radius 2 is 1.22 bits per heavy atom. The monoisotopic (exact) mass is 671 g/mol. The maximum atomic E-state index is 9.84. The number of rotatable bonds is 19. The summed E-state index contributed by atoms with van der Waals surface area (Å²) in [7, 11) is -8.55. The van der Waals surface area contributed by atoms with Gasteiger partial charge < -0.3 is 9.12 Å². The summed E-state index contributed by atoms with van der Waals surface area (Å²) < 4.78 is 59.8. The van der Waals surface area contributed by atoms with Gasteiger partial charge in [-0.25, -0.2) is 14.1 Å². The average molecular weight is 672 g/mol. The molecule has 2 heterocycles. The molecular weight excluding hydrogens is 623 g/mol. The van der Waals surface area contributed by atoms with Gasteiger partial charge in [0, 0.05) is 11.1 Å². The number of benzene rings is 2. The van der Waals surface area contributed by atoms with Gasteiger partial charge in [0.05, 0.1) is 12.7 Å². The molecule has 256 valence electrons. The van der Waals surface area contributed by atoms with E-state index in [4.69, 9.17) is 4.42 Å². The first kappa shape index (κ1) is 39.1. The molecule has 0 saturated heterocycles. The van der Waals surface area contributed by atoms with Crippen molar-refractivity contribution in [3.8, 4) is 22.8 Å². The van der Waals surface area contributed by atoms with Crippen LogP contribution in [0.1, 0.15) is 102 Å². The number of unbranched alkanes of at least 4 members (excludes halogenated alkanes) is 13. The van der Waals surface area contributed by atoms with Gasteiger partial charge in [-0.1, -0.05) is 126 Å². The summed E-state index contributed by atoms with van der Waals surface area (Å²) in [5.41, 5.74) is 3.32. The van der Waals surface area contributed by atoms with Crippen LogP contribution in [0.2, 0.25) is 0 Å². The van der Waals surface area contributed by atoms with E-state index in [0.717, 1.165) is 30.0 Å². The first-order valence-corrected chi connectivity index (χ1v) is 18.0. The number of oxazole rings is 1. The maximum Gasteiger partial charge on any atom is -1.00 e. The standard InChI is InChI=1S/C35H48N3O.F5P.FH/c1-2-3-4-5-6-7-8-9-10-11-12-13-14-18-25-37-26-27-38(30-37)29-31-21-23-33(24-22-31)35-36-28-34(39-35)32-19-16-15-17-20-32;1-6(2,3,4)5;/h15-17,19-24,26-28,30H,2-14,18,25,29H2,1H3;;1H/q+1;;/p-1. The molecule has 0 aliphatic carbocycles. The molecule has 0 fully saturated rings. The Morgan fingerprint density at radius 1 is 0.696 bits per heavy atom. The van der Waals surface area contributed by atoms with Crippen molar-refractivity contribution in [1.29, 1.82) is 0 Å². The number of halogens is 6. The molecule has 0 bridgehead atoms. The summed E-state index contributed by atoms with van der Waals surface area (Å²) in [6.07, 6.45) is 28.1. The van der Waals surface area contributed by atoms with E-state index in [2.05, 4.69) is 64.0 Å². The van der Waals surface area contributed by atoms with Gasteiger partial charge in [-0.3, -0.25) is 0 Å². The van der Waals surface area contributed by atoms with Gasteiger partial charge in [-0.05, 0) is 30.5 Å². The van der Waals surface area contributed by atoms with E-state index in [1.165, 1.54) is 95.5 Å². The van der Waals surface area contributed by atoms with Gasteiger partial charge in [0.1, 0.15) is 18.9 Å². The minimum absolute atomic E-state index is 0. The van der Waals surface area contributed by atoms with E-state index in [1.807, 2.05) is 30.3 Å². The molecule has 0 amide bonds. The van der Waals surface area contributed by atoms with E-state index in [0.29, 0.717) is 5.89 Å². The third-order valence-corrected chi connectivity index (χ3v) is 7.65. The van der Waals surface area contributed by atoms with Crippen molar-refractivity contribution >= 4 is 8.16 Å². The van der Waals surface area contributed by atoms with Crippen molar-refractivity contribution in [2.75, 3.05) is 0 Å². The molecule has 2 aromatic carbocycles. The van der Waals surface area contributed by atoms with E-state index in [9.17, 15) is 21.0 Å². The second kappa shape index (κ2) is 20.2. The minimum Gasteiger partial charge on any atom is -1.00 e. The SMILES string of the molecule is CCCCCCCCCCCCCCCCn1cc[n+](Cc2ccc(-c3ncc(-c4ccccc4)o3)cc2)c1.FP(F)(F)(F)F.[F-]. The van der Waals surface area contributed by atoms with E-state index in [-0.39, 0.29) is 4.70 Å². The second-order valence-electron chi connectivity index (χ2n) is 11.7. The Kier molecular flexibility index (Phi) is 17.1. The number of hydrogen-bond donors (Lipinski definition) is 0. The molecule has 0 spiro atoms. The number of aryl methyl sites for hydroxylation is 1. The Morgan fingerprint density at radius 3 is 1.76 bits per heavy atom. The Labute approximate surface area is 270 Å². The van der Waals surface area contributed by atoms with Crippen molar-refractivity contribution < 1.29 is 34.7 Å². The Balaban J connectivity index is 0.000000960. The Hall–Kier alpha value is -3.13. The summed E-state index contributed by atoms with van der Waals surface area (Å²) in [5, 5.41) is 0. The first-order chi connectivity index (χ1) is 21.6. The zero-order valence-corrected chi connectivity index (χ0v) is 27.7. The van der Waals surface area contributed by atoms with Crippen molar-refractivity contribution in [2.45, 2.75) is 110 Å². The zero-order chi connectivity index (χ0) is 32.4. The predicted octanol–water partition coefficient (Wildman–Crippen LogP) is 9.59. The average Bonchev–Trinajstić information content (AvgIpc) is 3.67. The smallest absolute Gasteiger partial charge is 1.00 e. The van der Waals surface area contributed by atoms with Crippen LogP contribution in [0.25, 0.3) is 22.8 Å². The fourth-order valence-electron chi connectivity index (χ4n) is 5.26. The van der Waals surface area contributed by atoms with Crippen LogP contribution in [0.5, 0.6) is 0 Å². The number of aromatic nitrogens is 3. The molecule has 4 aromatic rings. The normalized spacial score (nSPS) is 12.1. The fourth-order valence-corrected chi connectivity index (χ4v) is 5.26. The maximum absolute atomic E-state index is 9.84. The quantitative estimate of drug-likeness (QED) is 0.0431. The summed E-state index contributed by atoms with van der Waals surface area (Å²) in [6.45, 7) is 4.27. The largest absolute Gasteiger partial charge is 1.00 e. The van der Waals surface area contributed by atoms with Gasteiger partial charge in [0.15, 0.2) is 5.76 Å². The topological polar surface area (TPSA) is 34.8 Å². The Bertz CT molecular complexity index is 1340. The van der Waals surface area contributed by atoms with Gasteiger partial charge in [0.2, 0.25) is 12.2 Å². The van der Waals surface area contributed by atoms with Gasteiger partial charge >= 0.3 is 29.1 Å². The molecule has 0 saturated carbocycles. The number of imidazole rings is 1. The summed E-state index contributed by atoms with van der Waals surface area (Å²) in [6, 6.07) is 18.6. The molecule has 4 rings (SSSR count). The molecule has 0 aliphatic heterocycles. The van der Waals surface area contributed by atoms with Gasteiger partial charge in [-0.2, -0.15) is 0 Å². The van der Waals surface area contributed by atoms with E-state index < -0.39 is 8.16 Å². The van der Waals surface area contributed by atoms with Gasteiger partial charge in [0.25, 0.3) is 0 Å². The van der Waals surface area contributed by atoms with Crippen LogP contribution < -0.4 is 9.27 Å². The van der Waals surface area contributed by atoms with Crippen LogP contribution in [0.4, 0.5) is 21.0 Å². The van der Waals surface area contributed by atoms with Crippen molar-refractivity contribution in [3.63, 3.8) is 0 Å².